The molecule has 1 heterocycles. The number of nitrogens with zero attached hydrogens (tertiary/aromatic N) is 1. The van der Waals surface area contributed by atoms with Crippen molar-refractivity contribution >= 4 is 17.3 Å². The van der Waals surface area contributed by atoms with Crippen LogP contribution < -0.4 is 10.6 Å². The summed E-state index contributed by atoms with van der Waals surface area (Å²) in [4.78, 5) is 5.70. The maximum atomic E-state index is 5.64. The first-order valence-electron chi connectivity index (χ1n) is 9.44. The van der Waals surface area contributed by atoms with Crippen LogP contribution in [0, 0.1) is 0 Å². The van der Waals surface area contributed by atoms with Crippen molar-refractivity contribution in [2.24, 2.45) is 4.99 Å². The summed E-state index contributed by atoms with van der Waals surface area (Å²) < 4.78 is 10.9. The zero-order chi connectivity index (χ0) is 19.3. The molecule has 0 fully saturated rings. The number of ether oxygens (including phenoxy) is 2. The van der Waals surface area contributed by atoms with Gasteiger partial charge in [-0.3, -0.25) is 4.99 Å². The van der Waals surface area contributed by atoms with E-state index in [9.17, 15) is 0 Å². The Bertz CT molecular complexity index is 674. The van der Waals surface area contributed by atoms with Gasteiger partial charge in [0.2, 0.25) is 0 Å². The van der Waals surface area contributed by atoms with Gasteiger partial charge < -0.3 is 20.1 Å². The number of hydrogen-bond acceptors (Lipinski definition) is 4. The highest BCUT2D eigenvalue weighted by Gasteiger charge is 2.07. The van der Waals surface area contributed by atoms with Crippen molar-refractivity contribution in [1.82, 2.24) is 10.6 Å². The standard InChI is InChI=1S/C21H31N3O2S/c1-4-25-10-11-26-16-19-8-5-7-18(13-19)15-24-21(22-3)23-14-17(2)20-9-6-12-27-20/h5-9,12-13,17H,4,10-11,14-16H2,1-3H3,(H2,22,23,24). The first kappa shape index (κ1) is 21.4. The Morgan fingerprint density at radius 3 is 2.67 bits per heavy atom. The van der Waals surface area contributed by atoms with E-state index in [-0.39, 0.29) is 0 Å². The van der Waals surface area contributed by atoms with Crippen LogP contribution in [0.5, 0.6) is 0 Å². The van der Waals surface area contributed by atoms with E-state index in [0.717, 1.165) is 25.7 Å². The molecule has 1 atom stereocenters. The minimum Gasteiger partial charge on any atom is -0.379 e. The quantitative estimate of drug-likeness (QED) is 0.349. The fourth-order valence-electron chi connectivity index (χ4n) is 2.61. The molecule has 1 aromatic heterocycles. The first-order valence-corrected chi connectivity index (χ1v) is 10.3. The predicted octanol–water partition coefficient (Wildman–Crippen LogP) is 3.77. The summed E-state index contributed by atoms with van der Waals surface area (Å²) in [5.41, 5.74) is 2.37. The second kappa shape index (κ2) is 12.5. The van der Waals surface area contributed by atoms with Crippen molar-refractivity contribution in [3.63, 3.8) is 0 Å². The van der Waals surface area contributed by atoms with E-state index >= 15 is 0 Å². The lowest BCUT2D eigenvalue weighted by Gasteiger charge is -2.15. The summed E-state index contributed by atoms with van der Waals surface area (Å²) in [6.45, 7) is 8.38. The third kappa shape index (κ3) is 8.12. The number of nitrogens with one attached hydrogen (secondary N) is 2. The molecule has 2 aromatic rings. The van der Waals surface area contributed by atoms with Gasteiger partial charge in [0.1, 0.15) is 0 Å². The van der Waals surface area contributed by atoms with E-state index in [2.05, 4.69) is 64.3 Å². The minimum absolute atomic E-state index is 0.459. The largest absolute Gasteiger partial charge is 0.379 e. The average molecular weight is 390 g/mol. The van der Waals surface area contributed by atoms with Gasteiger partial charge in [-0.15, -0.1) is 11.3 Å². The lowest BCUT2D eigenvalue weighted by Crippen LogP contribution is -2.38. The van der Waals surface area contributed by atoms with Gasteiger partial charge in [0.25, 0.3) is 0 Å². The monoisotopic (exact) mass is 389 g/mol. The Hall–Kier alpha value is -1.89. The summed E-state index contributed by atoms with van der Waals surface area (Å²) >= 11 is 1.79. The van der Waals surface area contributed by atoms with Crippen LogP contribution in [0.1, 0.15) is 35.8 Å². The van der Waals surface area contributed by atoms with Gasteiger partial charge in [-0.05, 0) is 29.5 Å². The maximum absolute atomic E-state index is 5.64. The average Bonchev–Trinajstić information content (AvgIpc) is 3.23. The van der Waals surface area contributed by atoms with Gasteiger partial charge in [-0.1, -0.05) is 37.3 Å². The third-order valence-corrected chi connectivity index (χ3v) is 5.23. The molecule has 0 saturated heterocycles. The Morgan fingerprint density at radius 2 is 1.93 bits per heavy atom. The molecule has 6 heteroatoms. The van der Waals surface area contributed by atoms with Gasteiger partial charge in [0.05, 0.1) is 19.8 Å². The number of hydrogen-bond donors (Lipinski definition) is 2. The molecule has 1 aromatic carbocycles. The Labute approximate surface area is 166 Å². The van der Waals surface area contributed by atoms with E-state index in [4.69, 9.17) is 9.47 Å². The number of guanidine groups is 1. The van der Waals surface area contributed by atoms with Gasteiger partial charge in [0, 0.05) is 37.5 Å². The fourth-order valence-corrected chi connectivity index (χ4v) is 3.40. The second-order valence-electron chi connectivity index (χ2n) is 6.29. The highest BCUT2D eigenvalue weighted by Crippen LogP contribution is 2.19. The van der Waals surface area contributed by atoms with E-state index < -0.39 is 0 Å². The zero-order valence-electron chi connectivity index (χ0n) is 16.5. The molecule has 0 radical (unpaired) electrons. The predicted molar refractivity (Wildman–Crippen MR) is 114 cm³/mol. The molecular weight excluding hydrogens is 358 g/mol. The van der Waals surface area contributed by atoms with E-state index in [1.54, 1.807) is 18.4 Å². The lowest BCUT2D eigenvalue weighted by molar-refractivity contribution is 0.0453. The van der Waals surface area contributed by atoms with Crippen LogP contribution in [0.4, 0.5) is 0 Å². The molecule has 2 rings (SSSR count). The Kier molecular flexibility index (Phi) is 9.90. The molecule has 0 spiro atoms. The molecule has 0 aliphatic carbocycles. The molecule has 27 heavy (non-hydrogen) atoms. The summed E-state index contributed by atoms with van der Waals surface area (Å²) in [7, 11) is 1.80. The fraction of sp³-hybridized carbons (Fsp3) is 0.476. The second-order valence-corrected chi connectivity index (χ2v) is 7.27. The molecule has 0 saturated carbocycles. The van der Waals surface area contributed by atoms with Crippen LogP contribution in [0.2, 0.25) is 0 Å². The Morgan fingerprint density at radius 1 is 1.11 bits per heavy atom. The van der Waals surface area contributed by atoms with Crippen molar-refractivity contribution < 1.29 is 9.47 Å². The van der Waals surface area contributed by atoms with Gasteiger partial charge in [-0.25, -0.2) is 0 Å². The molecule has 1 unspecified atom stereocenters. The van der Waals surface area contributed by atoms with Crippen LogP contribution in [-0.4, -0.2) is 39.4 Å². The Balaban J connectivity index is 1.74. The topological polar surface area (TPSA) is 54.9 Å². The number of aliphatic imine (C=N–C) groups is 1. The molecule has 0 aliphatic heterocycles. The van der Waals surface area contributed by atoms with Crippen LogP contribution in [0.25, 0.3) is 0 Å². The van der Waals surface area contributed by atoms with Gasteiger partial charge in [0.15, 0.2) is 5.96 Å². The van der Waals surface area contributed by atoms with Gasteiger partial charge in [-0.2, -0.15) is 0 Å². The molecule has 0 bridgehead atoms. The highest BCUT2D eigenvalue weighted by molar-refractivity contribution is 7.10. The molecule has 0 aliphatic rings. The van der Waals surface area contributed by atoms with Crippen molar-refractivity contribution in [2.75, 3.05) is 33.4 Å². The zero-order valence-corrected chi connectivity index (χ0v) is 17.3. The SMILES string of the molecule is CCOCCOCc1cccc(CNC(=NC)NCC(C)c2cccs2)c1. The van der Waals surface area contributed by atoms with Crippen LogP contribution in [0.3, 0.4) is 0 Å². The smallest absolute Gasteiger partial charge is 0.191 e. The third-order valence-electron chi connectivity index (χ3n) is 4.12. The number of rotatable bonds is 11. The first-order chi connectivity index (χ1) is 13.2. The summed E-state index contributed by atoms with van der Waals surface area (Å²) in [6, 6.07) is 12.7. The number of thiophene rings is 1. The molecule has 148 valence electrons. The van der Waals surface area contributed by atoms with Crippen molar-refractivity contribution in [3.8, 4) is 0 Å². The van der Waals surface area contributed by atoms with Crippen LogP contribution in [0.15, 0.2) is 46.8 Å². The van der Waals surface area contributed by atoms with E-state index in [0.29, 0.717) is 25.7 Å². The normalized spacial score (nSPS) is 12.8. The maximum Gasteiger partial charge on any atom is 0.191 e. The highest BCUT2D eigenvalue weighted by atomic mass is 32.1. The lowest BCUT2D eigenvalue weighted by atomic mass is 10.1. The summed E-state index contributed by atoms with van der Waals surface area (Å²) in [5, 5.41) is 8.90. The number of benzene rings is 1. The summed E-state index contributed by atoms with van der Waals surface area (Å²) in [5.74, 6) is 1.28. The van der Waals surface area contributed by atoms with Crippen molar-refractivity contribution in [1.29, 1.82) is 0 Å². The van der Waals surface area contributed by atoms with Gasteiger partial charge >= 0.3 is 0 Å². The summed E-state index contributed by atoms with van der Waals surface area (Å²) in [6.07, 6.45) is 0. The van der Waals surface area contributed by atoms with E-state index in [1.165, 1.54) is 16.0 Å². The van der Waals surface area contributed by atoms with E-state index in [1.807, 2.05) is 6.92 Å². The molecule has 2 N–H and O–H groups in total. The molecule has 0 amide bonds. The van der Waals surface area contributed by atoms with Crippen molar-refractivity contribution in [3.05, 3.63) is 57.8 Å². The minimum atomic E-state index is 0.459. The molecular formula is C21H31N3O2S. The van der Waals surface area contributed by atoms with Crippen LogP contribution in [-0.2, 0) is 22.6 Å². The van der Waals surface area contributed by atoms with Crippen molar-refractivity contribution in [2.45, 2.75) is 32.9 Å². The molecule has 5 nitrogen and oxygen atoms in total. The van der Waals surface area contributed by atoms with Crippen LogP contribution >= 0.6 is 11.3 Å².